The molecule has 1 atom stereocenters. The summed E-state index contributed by atoms with van der Waals surface area (Å²) in [4.78, 5) is 2.03. The molecule has 0 saturated carbocycles. The molecule has 0 saturated heterocycles. The smallest absolute Gasteiger partial charge is 0.173 e. The van der Waals surface area contributed by atoms with E-state index in [0.29, 0.717) is 12.1 Å². The average Bonchev–Trinajstić information content (AvgIpc) is 2.94. The second-order valence-electron chi connectivity index (χ2n) is 5.80. The molecule has 2 aromatic carbocycles. The molecule has 21 heavy (non-hydrogen) atoms. The van der Waals surface area contributed by atoms with E-state index < -0.39 is 5.67 Å². The lowest BCUT2D eigenvalue weighted by atomic mass is 9.82. The maximum Gasteiger partial charge on any atom is 0.173 e. The van der Waals surface area contributed by atoms with Gasteiger partial charge in [0.1, 0.15) is 5.58 Å². The van der Waals surface area contributed by atoms with Crippen LogP contribution in [0.3, 0.4) is 0 Å². The van der Waals surface area contributed by atoms with Gasteiger partial charge in [-0.3, -0.25) is 4.90 Å². The lowest BCUT2D eigenvalue weighted by molar-refractivity contribution is 0.121. The van der Waals surface area contributed by atoms with E-state index in [9.17, 15) is 0 Å². The molecule has 1 aromatic heterocycles. The standard InChI is InChI=1S/C18H16FNO/c1-20-11-14-4-2-3-5-16(14)18(19,12-20)15-6-7-17-13(10-15)8-9-21-17/h2-10H,11-12H2,1H3. The summed E-state index contributed by atoms with van der Waals surface area (Å²) in [5.41, 5.74) is 1.84. The maximum atomic E-state index is 15.9. The van der Waals surface area contributed by atoms with Crippen molar-refractivity contribution in [2.24, 2.45) is 0 Å². The van der Waals surface area contributed by atoms with Gasteiger partial charge in [-0.25, -0.2) is 4.39 Å². The van der Waals surface area contributed by atoms with Crippen LogP contribution in [0.25, 0.3) is 11.0 Å². The predicted octanol–water partition coefficient (Wildman–Crippen LogP) is 4.09. The monoisotopic (exact) mass is 281 g/mol. The van der Waals surface area contributed by atoms with Crippen molar-refractivity contribution < 1.29 is 8.81 Å². The van der Waals surface area contributed by atoms with Gasteiger partial charge in [0.25, 0.3) is 0 Å². The topological polar surface area (TPSA) is 16.4 Å². The highest BCUT2D eigenvalue weighted by Gasteiger charge is 2.40. The Balaban J connectivity index is 1.92. The van der Waals surface area contributed by atoms with Crippen molar-refractivity contribution in [3.63, 3.8) is 0 Å². The zero-order valence-corrected chi connectivity index (χ0v) is 11.8. The van der Waals surface area contributed by atoms with E-state index >= 15 is 4.39 Å². The molecule has 0 bridgehead atoms. The van der Waals surface area contributed by atoms with Crippen molar-refractivity contribution in [1.29, 1.82) is 0 Å². The Kier molecular flexibility index (Phi) is 2.66. The molecule has 0 N–H and O–H groups in total. The number of nitrogens with zero attached hydrogens (tertiary/aromatic N) is 1. The highest BCUT2D eigenvalue weighted by Crippen LogP contribution is 2.41. The van der Waals surface area contributed by atoms with E-state index in [2.05, 4.69) is 0 Å². The lowest BCUT2D eigenvalue weighted by Crippen LogP contribution is -2.41. The molecule has 2 nitrogen and oxygen atoms in total. The van der Waals surface area contributed by atoms with Crippen molar-refractivity contribution in [3.8, 4) is 0 Å². The summed E-state index contributed by atoms with van der Waals surface area (Å²) in [6, 6.07) is 15.3. The third-order valence-electron chi connectivity index (χ3n) is 4.28. The van der Waals surface area contributed by atoms with Gasteiger partial charge in [-0.1, -0.05) is 30.3 Å². The Morgan fingerprint density at radius 2 is 2.00 bits per heavy atom. The highest BCUT2D eigenvalue weighted by atomic mass is 19.1. The first-order chi connectivity index (χ1) is 10.2. The van der Waals surface area contributed by atoms with Crippen LogP contribution in [0.15, 0.2) is 59.2 Å². The summed E-state index contributed by atoms with van der Waals surface area (Å²) in [6.45, 7) is 1.16. The van der Waals surface area contributed by atoms with Gasteiger partial charge >= 0.3 is 0 Å². The van der Waals surface area contributed by atoms with E-state index in [1.165, 1.54) is 0 Å². The van der Waals surface area contributed by atoms with Crippen molar-refractivity contribution in [1.82, 2.24) is 4.90 Å². The number of rotatable bonds is 1. The molecule has 2 heterocycles. The number of halogens is 1. The first-order valence-corrected chi connectivity index (χ1v) is 7.10. The fourth-order valence-corrected chi connectivity index (χ4v) is 3.31. The van der Waals surface area contributed by atoms with E-state index in [-0.39, 0.29) is 0 Å². The minimum absolute atomic E-state index is 0.368. The fraction of sp³-hybridized carbons (Fsp3) is 0.222. The first kappa shape index (κ1) is 12.6. The average molecular weight is 281 g/mol. The summed E-state index contributed by atoms with van der Waals surface area (Å²) in [5.74, 6) is 0. The number of fused-ring (bicyclic) bond motifs is 2. The van der Waals surface area contributed by atoms with Gasteiger partial charge in [0.05, 0.1) is 6.26 Å². The zero-order chi connectivity index (χ0) is 14.4. The van der Waals surface area contributed by atoms with Gasteiger partial charge in [-0.2, -0.15) is 0 Å². The molecular formula is C18H16FNO. The molecule has 3 aromatic rings. The first-order valence-electron chi connectivity index (χ1n) is 7.10. The molecule has 1 aliphatic rings. The van der Waals surface area contributed by atoms with Crippen molar-refractivity contribution in [2.75, 3.05) is 13.6 Å². The summed E-state index contributed by atoms with van der Waals surface area (Å²) in [6.07, 6.45) is 1.64. The number of hydrogen-bond donors (Lipinski definition) is 0. The Bertz CT molecular complexity index is 810. The Morgan fingerprint density at radius 3 is 2.90 bits per heavy atom. The molecule has 0 radical (unpaired) electrons. The molecule has 4 rings (SSSR count). The minimum atomic E-state index is -1.48. The lowest BCUT2D eigenvalue weighted by Gasteiger charge is -2.37. The van der Waals surface area contributed by atoms with Gasteiger partial charge in [-0.05, 0) is 41.9 Å². The number of benzene rings is 2. The van der Waals surface area contributed by atoms with Gasteiger partial charge in [0.15, 0.2) is 5.67 Å². The number of alkyl halides is 1. The van der Waals surface area contributed by atoms with Crippen LogP contribution in [-0.4, -0.2) is 18.5 Å². The second kappa shape index (κ2) is 4.43. The van der Waals surface area contributed by atoms with E-state index in [0.717, 1.165) is 28.6 Å². The van der Waals surface area contributed by atoms with Crippen molar-refractivity contribution >= 4 is 11.0 Å². The Labute approximate surface area is 122 Å². The molecule has 1 unspecified atom stereocenters. The van der Waals surface area contributed by atoms with Crippen molar-refractivity contribution in [3.05, 3.63) is 71.5 Å². The number of furan rings is 1. The van der Waals surface area contributed by atoms with Crippen LogP contribution in [0.5, 0.6) is 0 Å². The van der Waals surface area contributed by atoms with E-state index in [4.69, 9.17) is 4.42 Å². The minimum Gasteiger partial charge on any atom is -0.464 e. The third-order valence-corrected chi connectivity index (χ3v) is 4.28. The highest BCUT2D eigenvalue weighted by molar-refractivity contribution is 5.78. The van der Waals surface area contributed by atoms with E-state index in [1.54, 1.807) is 6.26 Å². The maximum absolute atomic E-state index is 15.9. The summed E-state index contributed by atoms with van der Waals surface area (Å²) in [5, 5.41) is 0.940. The molecular weight excluding hydrogens is 265 g/mol. The summed E-state index contributed by atoms with van der Waals surface area (Å²) >= 11 is 0. The molecule has 3 heteroatoms. The number of hydrogen-bond acceptors (Lipinski definition) is 2. The van der Waals surface area contributed by atoms with Crippen LogP contribution in [0.1, 0.15) is 16.7 Å². The summed E-state index contributed by atoms with van der Waals surface area (Å²) < 4.78 is 21.3. The van der Waals surface area contributed by atoms with Gasteiger partial charge < -0.3 is 4.42 Å². The molecule has 0 amide bonds. The Hall–Kier alpha value is -2.13. The van der Waals surface area contributed by atoms with Gasteiger partial charge in [0, 0.05) is 18.5 Å². The predicted molar refractivity (Wildman–Crippen MR) is 80.9 cm³/mol. The molecule has 0 aliphatic carbocycles. The molecule has 0 fully saturated rings. The second-order valence-corrected chi connectivity index (χ2v) is 5.80. The van der Waals surface area contributed by atoms with Crippen LogP contribution < -0.4 is 0 Å². The van der Waals surface area contributed by atoms with Crippen LogP contribution in [0.2, 0.25) is 0 Å². The van der Waals surface area contributed by atoms with Crippen LogP contribution >= 0.6 is 0 Å². The molecule has 1 aliphatic heterocycles. The summed E-state index contributed by atoms with van der Waals surface area (Å²) in [7, 11) is 1.96. The fourth-order valence-electron chi connectivity index (χ4n) is 3.31. The van der Waals surface area contributed by atoms with Crippen LogP contribution in [-0.2, 0) is 12.2 Å². The third kappa shape index (κ3) is 1.88. The zero-order valence-electron chi connectivity index (χ0n) is 11.8. The van der Waals surface area contributed by atoms with Gasteiger partial charge in [0.2, 0.25) is 0 Å². The SMILES string of the molecule is CN1Cc2ccccc2C(F)(c2ccc3occc3c2)C1. The quantitative estimate of drug-likeness (QED) is 0.668. The van der Waals surface area contributed by atoms with Crippen LogP contribution in [0.4, 0.5) is 4.39 Å². The van der Waals surface area contributed by atoms with Crippen molar-refractivity contribution in [2.45, 2.75) is 12.2 Å². The Morgan fingerprint density at radius 1 is 1.14 bits per heavy atom. The number of likely N-dealkylation sites (N-methyl/N-ethyl adjacent to an activating group) is 1. The van der Waals surface area contributed by atoms with Crippen LogP contribution in [0, 0.1) is 0 Å². The molecule has 0 spiro atoms. The molecule has 106 valence electrons. The normalized spacial score (nSPS) is 22.4. The van der Waals surface area contributed by atoms with E-state index in [1.807, 2.05) is 60.5 Å². The van der Waals surface area contributed by atoms with Gasteiger partial charge in [-0.15, -0.1) is 0 Å². The largest absolute Gasteiger partial charge is 0.464 e.